The van der Waals surface area contributed by atoms with Gasteiger partial charge in [-0.1, -0.05) is 0 Å². The molecule has 13 heteroatoms. The molecule has 4 N–H and O–H groups in total. The maximum atomic E-state index is 13.3. The highest BCUT2D eigenvalue weighted by Gasteiger charge is 2.33. The molecular weight excluding hydrogens is 484 g/mol. The summed E-state index contributed by atoms with van der Waals surface area (Å²) in [6.45, 7) is 1.16. The van der Waals surface area contributed by atoms with Crippen LogP contribution in [0.15, 0.2) is 55.2 Å². The Labute approximate surface area is 203 Å². The van der Waals surface area contributed by atoms with E-state index < -0.39 is 29.2 Å². The topological polar surface area (TPSA) is 132 Å². The van der Waals surface area contributed by atoms with Crippen LogP contribution in [0.3, 0.4) is 0 Å². The second-order valence-electron chi connectivity index (χ2n) is 7.62. The molecule has 1 aliphatic heterocycles. The Morgan fingerprint density at radius 3 is 2.42 bits per heavy atom. The first-order valence-corrected chi connectivity index (χ1v) is 10.6. The average molecular weight is 506 g/mol. The Morgan fingerprint density at radius 2 is 1.86 bits per heavy atom. The zero-order valence-corrected chi connectivity index (χ0v) is 18.8. The summed E-state index contributed by atoms with van der Waals surface area (Å²) in [6, 6.07) is 5.30. The molecule has 0 unspecified atom stereocenters. The quantitative estimate of drug-likeness (QED) is 0.438. The first-order valence-electron chi connectivity index (χ1n) is 10.6. The monoisotopic (exact) mass is 506 g/mol. The van der Waals surface area contributed by atoms with E-state index in [1.807, 2.05) is 0 Å². The van der Waals surface area contributed by atoms with Crippen molar-refractivity contribution in [2.45, 2.75) is 19.1 Å². The molecule has 0 radical (unpaired) electrons. The maximum Gasteiger partial charge on any atom is 0.418 e. The van der Waals surface area contributed by atoms with Crippen LogP contribution in [0, 0.1) is 11.7 Å². The number of carbonyl (C=O) groups excluding carboxylic acids is 2. The summed E-state index contributed by atoms with van der Waals surface area (Å²) in [6.07, 6.45) is 1.47. The number of nitrogens with one attached hydrogen (secondary N) is 2. The van der Waals surface area contributed by atoms with E-state index in [1.165, 1.54) is 31.0 Å². The van der Waals surface area contributed by atoms with Crippen LogP contribution in [0.2, 0.25) is 0 Å². The van der Waals surface area contributed by atoms with Crippen molar-refractivity contribution in [2.24, 2.45) is 11.7 Å². The summed E-state index contributed by atoms with van der Waals surface area (Å²) in [5.74, 6) is -1.57. The molecule has 3 heterocycles. The van der Waals surface area contributed by atoms with E-state index >= 15 is 0 Å². The maximum absolute atomic E-state index is 13.3. The summed E-state index contributed by atoms with van der Waals surface area (Å²) in [5, 5.41) is 5.28. The van der Waals surface area contributed by atoms with Gasteiger partial charge in [0.1, 0.15) is 12.1 Å². The molecule has 4 rings (SSSR count). The molecule has 190 valence electrons. The van der Waals surface area contributed by atoms with E-state index in [1.54, 1.807) is 6.07 Å². The third-order valence-electron chi connectivity index (χ3n) is 4.98. The molecule has 1 saturated heterocycles. The smallest absolute Gasteiger partial charge is 0.381 e. The van der Waals surface area contributed by atoms with Crippen LogP contribution in [0.5, 0.6) is 0 Å². The molecule has 3 aromatic rings. The highest BCUT2D eigenvalue weighted by atomic mass is 19.4. The van der Waals surface area contributed by atoms with Crippen molar-refractivity contribution in [1.29, 1.82) is 0 Å². The molecule has 1 fully saturated rings. The van der Waals surface area contributed by atoms with Gasteiger partial charge in [-0.25, -0.2) is 14.4 Å². The highest BCUT2D eigenvalue weighted by molar-refractivity contribution is 5.91. The number of aromatic nitrogens is 3. The lowest BCUT2D eigenvalue weighted by molar-refractivity contribution is -0.137. The van der Waals surface area contributed by atoms with Gasteiger partial charge in [0.05, 0.1) is 53.5 Å². The Balaban J connectivity index is 0.000000338. The van der Waals surface area contributed by atoms with Gasteiger partial charge in [0, 0.05) is 19.0 Å². The van der Waals surface area contributed by atoms with Crippen molar-refractivity contribution in [2.75, 3.05) is 18.5 Å². The first-order chi connectivity index (χ1) is 17.1. The molecule has 1 aromatic carbocycles. The fourth-order valence-corrected chi connectivity index (χ4v) is 3.12. The zero-order chi connectivity index (χ0) is 26.1. The molecule has 1 atom stereocenters. The van der Waals surface area contributed by atoms with E-state index in [-0.39, 0.29) is 24.1 Å². The predicted molar refractivity (Wildman–Crippen MR) is 120 cm³/mol. The van der Waals surface area contributed by atoms with Crippen LogP contribution in [-0.4, -0.2) is 40.0 Å². The Morgan fingerprint density at radius 1 is 1.11 bits per heavy atom. The number of benzene rings is 1. The number of rotatable bonds is 6. The minimum Gasteiger partial charge on any atom is -0.381 e. The SMILES string of the molecule is NC(=O)c1cncnc1.O=C(NCc1ccc(Nc2cc(F)ccc2C(F)(F)F)cn1)[C@@H]1CCOC1. The van der Waals surface area contributed by atoms with Crippen molar-refractivity contribution < 1.29 is 31.9 Å². The second kappa shape index (κ2) is 12.0. The van der Waals surface area contributed by atoms with E-state index in [9.17, 15) is 27.2 Å². The fraction of sp³-hybridized carbons (Fsp3) is 0.261. The molecule has 0 saturated carbocycles. The van der Waals surface area contributed by atoms with Crippen LogP contribution in [0.4, 0.5) is 28.9 Å². The molecule has 0 spiro atoms. The molecule has 36 heavy (non-hydrogen) atoms. The minimum absolute atomic E-state index is 0.119. The first kappa shape index (κ1) is 26.5. The molecule has 9 nitrogen and oxygen atoms in total. The van der Waals surface area contributed by atoms with Crippen LogP contribution in [0.1, 0.15) is 28.0 Å². The van der Waals surface area contributed by atoms with Gasteiger partial charge in [0.25, 0.3) is 5.91 Å². The van der Waals surface area contributed by atoms with Gasteiger partial charge in [0.15, 0.2) is 0 Å². The van der Waals surface area contributed by atoms with Crippen LogP contribution in [0.25, 0.3) is 0 Å². The molecule has 2 aromatic heterocycles. The van der Waals surface area contributed by atoms with Crippen LogP contribution >= 0.6 is 0 Å². The van der Waals surface area contributed by atoms with Gasteiger partial charge in [0.2, 0.25) is 5.91 Å². The summed E-state index contributed by atoms with van der Waals surface area (Å²) in [7, 11) is 0. The molecule has 1 aliphatic rings. The molecule has 0 aliphatic carbocycles. The van der Waals surface area contributed by atoms with Crippen LogP contribution < -0.4 is 16.4 Å². The van der Waals surface area contributed by atoms with Gasteiger partial charge in [-0.2, -0.15) is 13.2 Å². The van der Waals surface area contributed by atoms with Crippen molar-refractivity contribution in [1.82, 2.24) is 20.3 Å². The number of carbonyl (C=O) groups is 2. The zero-order valence-electron chi connectivity index (χ0n) is 18.8. The van der Waals surface area contributed by atoms with Crippen LogP contribution in [-0.2, 0) is 22.3 Å². The summed E-state index contributed by atoms with van der Waals surface area (Å²) >= 11 is 0. The van der Waals surface area contributed by atoms with E-state index in [4.69, 9.17) is 10.5 Å². The van der Waals surface area contributed by atoms with Crippen molar-refractivity contribution in [3.63, 3.8) is 0 Å². The number of halogens is 4. The largest absolute Gasteiger partial charge is 0.418 e. The third-order valence-corrected chi connectivity index (χ3v) is 4.98. The van der Waals surface area contributed by atoms with Gasteiger partial charge < -0.3 is 21.1 Å². The number of hydrogen-bond donors (Lipinski definition) is 3. The van der Waals surface area contributed by atoms with E-state index in [0.717, 1.165) is 12.1 Å². The predicted octanol–water partition coefficient (Wildman–Crippen LogP) is 3.21. The van der Waals surface area contributed by atoms with E-state index in [2.05, 4.69) is 25.6 Å². The lowest BCUT2D eigenvalue weighted by Crippen LogP contribution is -2.30. The summed E-state index contributed by atoms with van der Waals surface area (Å²) < 4.78 is 57.6. The lowest BCUT2D eigenvalue weighted by Gasteiger charge is -2.15. The number of alkyl halides is 3. The number of amides is 2. The Bertz CT molecular complexity index is 1170. The molecule has 0 bridgehead atoms. The van der Waals surface area contributed by atoms with Gasteiger partial charge >= 0.3 is 6.18 Å². The number of nitrogens with zero attached hydrogens (tertiary/aromatic N) is 3. The molecule has 2 amide bonds. The van der Waals surface area contributed by atoms with Gasteiger partial charge in [-0.3, -0.25) is 14.6 Å². The minimum atomic E-state index is -4.61. The van der Waals surface area contributed by atoms with Crippen molar-refractivity contribution >= 4 is 23.2 Å². The number of primary amides is 1. The van der Waals surface area contributed by atoms with Gasteiger partial charge in [-0.15, -0.1) is 0 Å². The number of pyridine rings is 1. The van der Waals surface area contributed by atoms with Gasteiger partial charge in [-0.05, 0) is 36.8 Å². The van der Waals surface area contributed by atoms with E-state index in [0.29, 0.717) is 37.0 Å². The number of anilines is 2. The number of nitrogens with two attached hydrogens (primary N) is 1. The summed E-state index contributed by atoms with van der Waals surface area (Å²) in [4.78, 5) is 33.6. The molecular formula is C23H22F4N6O3. The second-order valence-corrected chi connectivity index (χ2v) is 7.62. The third kappa shape index (κ3) is 7.70. The number of ether oxygens (including phenoxy) is 1. The Kier molecular flexibility index (Phi) is 8.84. The number of hydrogen-bond acceptors (Lipinski definition) is 7. The summed E-state index contributed by atoms with van der Waals surface area (Å²) in [5.41, 5.74) is 4.67. The normalized spacial score (nSPS) is 14.9. The highest BCUT2D eigenvalue weighted by Crippen LogP contribution is 2.36. The van der Waals surface area contributed by atoms with Crippen molar-refractivity contribution in [3.05, 3.63) is 77.9 Å². The fourth-order valence-electron chi connectivity index (χ4n) is 3.12. The lowest BCUT2D eigenvalue weighted by atomic mass is 10.1. The Hall–Kier alpha value is -4.13. The standard InChI is InChI=1S/C18H17F4N3O2.C5H5N3O/c19-12-1-4-15(18(20,21)22)16(7-12)25-14-3-2-13(23-9-14)8-24-17(26)11-5-6-27-10-11;6-5(9)4-1-7-3-8-2-4/h1-4,7,9,11,25H,5-6,8,10H2,(H,24,26);1-3H,(H2,6,9)/t11-;/m1./s1. The van der Waals surface area contributed by atoms with Crippen molar-refractivity contribution in [3.8, 4) is 0 Å². The average Bonchev–Trinajstić information content (AvgIpc) is 3.39.